The number of hydrogen-bond donors (Lipinski definition) is 0. The first-order valence-electron chi connectivity index (χ1n) is 7.67. The Balaban J connectivity index is 2.78. The summed E-state index contributed by atoms with van der Waals surface area (Å²) in [6.45, 7) is 9.28. The zero-order chi connectivity index (χ0) is 18.3. The second-order valence-corrected chi connectivity index (χ2v) is 7.12. The highest BCUT2D eigenvalue weighted by atomic mass is 79.9. The van der Waals surface area contributed by atoms with Crippen LogP contribution in [0.2, 0.25) is 0 Å². The second-order valence-electron chi connectivity index (χ2n) is 6.27. The summed E-state index contributed by atoms with van der Waals surface area (Å²) in [5.41, 5.74) is 0.443. The molecule has 6 heteroatoms. The third kappa shape index (κ3) is 6.35. The fraction of sp³-hybridized carbons (Fsp3) is 0.444. The molecule has 0 aliphatic rings. The van der Waals surface area contributed by atoms with E-state index in [1.54, 1.807) is 20.8 Å². The van der Waals surface area contributed by atoms with E-state index in [2.05, 4.69) is 27.2 Å². The molecule has 0 bridgehead atoms. The molecule has 132 valence electrons. The van der Waals surface area contributed by atoms with E-state index in [9.17, 15) is 9.59 Å². The summed E-state index contributed by atoms with van der Waals surface area (Å²) in [6.07, 6.45) is 0.789. The number of ether oxygens (including phenoxy) is 2. The molecule has 0 saturated heterocycles. The summed E-state index contributed by atoms with van der Waals surface area (Å²) in [4.78, 5) is 25.3. The van der Waals surface area contributed by atoms with Gasteiger partial charge in [0.15, 0.2) is 0 Å². The highest BCUT2D eigenvalue weighted by Crippen LogP contribution is 2.19. The molecular formula is C18H24BrNO4. The van der Waals surface area contributed by atoms with E-state index in [0.717, 1.165) is 16.5 Å². The summed E-state index contributed by atoms with van der Waals surface area (Å²) >= 11 is 3.50. The lowest BCUT2D eigenvalue weighted by atomic mass is 10.1. The summed E-state index contributed by atoms with van der Waals surface area (Å²) in [5.74, 6) is -0.651. The number of esters is 1. The third-order valence-corrected chi connectivity index (χ3v) is 3.92. The van der Waals surface area contributed by atoms with Crippen LogP contribution in [0.4, 0.5) is 4.79 Å². The maximum absolute atomic E-state index is 12.4. The van der Waals surface area contributed by atoms with Gasteiger partial charge in [0.25, 0.3) is 0 Å². The number of hydrogen-bond acceptors (Lipinski definition) is 4. The number of benzene rings is 1. The van der Waals surface area contributed by atoms with Gasteiger partial charge in [-0.3, -0.25) is 4.90 Å². The lowest BCUT2D eigenvalue weighted by Gasteiger charge is -2.27. The Hall–Kier alpha value is -1.82. The Morgan fingerprint density at radius 1 is 1.25 bits per heavy atom. The molecule has 0 atom stereocenters. The molecule has 5 nitrogen and oxygen atoms in total. The number of halogens is 1. The van der Waals surface area contributed by atoms with Gasteiger partial charge in [0.05, 0.1) is 7.11 Å². The van der Waals surface area contributed by atoms with Crippen LogP contribution in [0.5, 0.6) is 0 Å². The quantitative estimate of drug-likeness (QED) is 0.530. The number of carbonyl (C=O) groups is 2. The lowest BCUT2D eigenvalue weighted by molar-refractivity contribution is -0.137. The van der Waals surface area contributed by atoms with Crippen molar-refractivity contribution in [3.63, 3.8) is 0 Å². The van der Waals surface area contributed by atoms with Crippen molar-refractivity contribution in [1.29, 1.82) is 0 Å². The molecule has 1 aromatic rings. The topological polar surface area (TPSA) is 55.8 Å². The van der Waals surface area contributed by atoms with E-state index < -0.39 is 17.7 Å². The Kier molecular flexibility index (Phi) is 7.48. The fourth-order valence-corrected chi connectivity index (χ4v) is 2.49. The molecule has 1 rings (SSSR count). The van der Waals surface area contributed by atoms with Crippen LogP contribution in [0.25, 0.3) is 0 Å². The van der Waals surface area contributed by atoms with Gasteiger partial charge in [0, 0.05) is 11.0 Å². The summed E-state index contributed by atoms with van der Waals surface area (Å²) in [6, 6.07) is 7.88. The van der Waals surface area contributed by atoms with Gasteiger partial charge in [-0.15, -0.1) is 0 Å². The molecule has 1 amide bonds. The van der Waals surface area contributed by atoms with Crippen molar-refractivity contribution in [3.8, 4) is 0 Å². The van der Waals surface area contributed by atoms with E-state index >= 15 is 0 Å². The van der Waals surface area contributed by atoms with Gasteiger partial charge in [-0.1, -0.05) is 40.7 Å². The predicted octanol–water partition coefficient (Wildman–Crippen LogP) is 4.31. The second kappa shape index (κ2) is 8.87. The van der Waals surface area contributed by atoms with Crippen LogP contribution >= 0.6 is 15.9 Å². The van der Waals surface area contributed by atoms with E-state index in [-0.39, 0.29) is 5.70 Å². The normalized spacial score (nSPS) is 10.9. The molecule has 1 aromatic carbocycles. The van der Waals surface area contributed by atoms with Gasteiger partial charge in [-0.25, -0.2) is 9.59 Å². The van der Waals surface area contributed by atoms with Crippen LogP contribution in [0.3, 0.4) is 0 Å². The molecule has 0 aliphatic carbocycles. The number of carbonyl (C=O) groups excluding carboxylic acids is 2. The number of amides is 1. The molecule has 0 N–H and O–H groups in total. The molecule has 0 aliphatic heterocycles. The maximum atomic E-state index is 12.4. The van der Waals surface area contributed by atoms with Crippen LogP contribution < -0.4 is 0 Å². The molecule has 0 aromatic heterocycles. The zero-order valence-corrected chi connectivity index (χ0v) is 16.2. The minimum atomic E-state index is -0.659. The van der Waals surface area contributed by atoms with Crippen molar-refractivity contribution in [3.05, 3.63) is 46.6 Å². The largest absolute Gasteiger partial charge is 0.464 e. The SMILES string of the molecule is C=C(C(=O)OC)N(CCCc1ccccc1Br)C(=O)OC(C)(C)C. The molecule has 24 heavy (non-hydrogen) atoms. The highest BCUT2D eigenvalue weighted by Gasteiger charge is 2.27. The fourth-order valence-electron chi connectivity index (χ4n) is 2.01. The third-order valence-electron chi connectivity index (χ3n) is 3.15. The van der Waals surface area contributed by atoms with E-state index in [0.29, 0.717) is 13.0 Å². The van der Waals surface area contributed by atoms with Crippen LogP contribution in [0.15, 0.2) is 41.0 Å². The van der Waals surface area contributed by atoms with Gasteiger partial charge in [-0.05, 0) is 45.2 Å². The monoisotopic (exact) mass is 397 g/mol. The van der Waals surface area contributed by atoms with E-state index in [1.165, 1.54) is 12.0 Å². The Labute approximate surface area is 151 Å². The minimum absolute atomic E-state index is 0.0288. The number of rotatable bonds is 6. The first kappa shape index (κ1) is 20.2. The average Bonchev–Trinajstić information content (AvgIpc) is 2.50. The molecule has 0 fully saturated rings. The summed E-state index contributed by atoms with van der Waals surface area (Å²) < 4.78 is 11.0. The Bertz CT molecular complexity index is 607. The summed E-state index contributed by atoms with van der Waals surface area (Å²) in [7, 11) is 1.25. The standard InChI is InChI=1S/C18H24BrNO4/c1-13(16(21)23-5)20(17(22)24-18(2,3)4)12-8-10-14-9-6-7-11-15(14)19/h6-7,9,11H,1,8,10,12H2,2-5H3. The molecule has 0 saturated carbocycles. The van der Waals surface area contributed by atoms with Crippen molar-refractivity contribution in [2.45, 2.75) is 39.2 Å². The van der Waals surface area contributed by atoms with Gasteiger partial charge < -0.3 is 9.47 Å². The van der Waals surface area contributed by atoms with Crippen molar-refractivity contribution in [1.82, 2.24) is 4.90 Å². The maximum Gasteiger partial charge on any atom is 0.415 e. The first-order valence-corrected chi connectivity index (χ1v) is 8.46. The lowest BCUT2D eigenvalue weighted by Crippen LogP contribution is -2.39. The molecular weight excluding hydrogens is 374 g/mol. The van der Waals surface area contributed by atoms with Crippen LogP contribution in [-0.2, 0) is 20.7 Å². The number of aryl methyl sites for hydroxylation is 1. The predicted molar refractivity (Wildman–Crippen MR) is 96.6 cm³/mol. The van der Waals surface area contributed by atoms with Crippen molar-refractivity contribution >= 4 is 28.0 Å². The minimum Gasteiger partial charge on any atom is -0.464 e. The Morgan fingerprint density at radius 3 is 2.42 bits per heavy atom. The van der Waals surface area contributed by atoms with E-state index in [4.69, 9.17) is 4.74 Å². The van der Waals surface area contributed by atoms with E-state index in [1.807, 2.05) is 24.3 Å². The van der Waals surface area contributed by atoms with Crippen LogP contribution in [-0.4, -0.2) is 36.2 Å². The molecule has 0 unspecified atom stereocenters. The first-order chi connectivity index (χ1) is 11.2. The van der Waals surface area contributed by atoms with Gasteiger partial charge in [0.2, 0.25) is 0 Å². The molecule has 0 spiro atoms. The van der Waals surface area contributed by atoms with Crippen molar-refractivity contribution < 1.29 is 19.1 Å². The smallest absolute Gasteiger partial charge is 0.415 e. The van der Waals surface area contributed by atoms with Gasteiger partial charge in [0.1, 0.15) is 11.3 Å². The molecule has 0 radical (unpaired) electrons. The average molecular weight is 398 g/mol. The zero-order valence-electron chi connectivity index (χ0n) is 14.6. The number of nitrogens with zero attached hydrogens (tertiary/aromatic N) is 1. The van der Waals surface area contributed by atoms with Crippen LogP contribution in [0.1, 0.15) is 32.8 Å². The number of methoxy groups -OCH3 is 1. The highest BCUT2D eigenvalue weighted by molar-refractivity contribution is 9.10. The van der Waals surface area contributed by atoms with Crippen LogP contribution in [0, 0.1) is 0 Å². The van der Waals surface area contributed by atoms with Crippen molar-refractivity contribution in [2.75, 3.05) is 13.7 Å². The van der Waals surface area contributed by atoms with Crippen molar-refractivity contribution in [2.24, 2.45) is 0 Å². The Morgan fingerprint density at radius 2 is 1.88 bits per heavy atom. The molecule has 0 heterocycles. The van der Waals surface area contributed by atoms with Gasteiger partial charge >= 0.3 is 12.1 Å². The van der Waals surface area contributed by atoms with Gasteiger partial charge in [-0.2, -0.15) is 0 Å². The summed E-state index contributed by atoms with van der Waals surface area (Å²) in [5, 5.41) is 0.